The second kappa shape index (κ2) is 10.7. The quantitative estimate of drug-likeness (QED) is 0.472. The maximum atomic E-state index is 12.5. The second-order valence-corrected chi connectivity index (χ2v) is 9.02. The zero-order valence-electron chi connectivity index (χ0n) is 18.2. The molecule has 0 unspecified atom stereocenters. The Bertz CT molecular complexity index is 880. The number of carbonyl (C=O) groups excluding carboxylic acids is 1. The van der Waals surface area contributed by atoms with Gasteiger partial charge in [-0.1, -0.05) is 49.7 Å². The number of nitrogens with one attached hydrogen (secondary N) is 1. The molecule has 0 aliphatic heterocycles. The summed E-state index contributed by atoms with van der Waals surface area (Å²) < 4.78 is 7.95. The lowest BCUT2D eigenvalue weighted by Gasteiger charge is -2.29. The molecule has 1 amide bonds. The standard InChI is InChI=1S/C23H32N4O2S/c1-5-12-27-21(14-29-20-13-16(2)10-11-18(20)4)25-26-23(27)30-15-22(28)24-19-9-7-6-8-17(19)3/h5,10-11,13,17,19H,1,6-9,12,14-15H2,2-4H3,(H,24,28)/t17-,19-/m0/s1. The van der Waals surface area contributed by atoms with Gasteiger partial charge in [-0.25, -0.2) is 0 Å². The molecule has 1 aromatic carbocycles. The first-order chi connectivity index (χ1) is 14.5. The van der Waals surface area contributed by atoms with Gasteiger partial charge < -0.3 is 10.1 Å². The molecule has 1 aliphatic carbocycles. The number of carbonyl (C=O) groups is 1. The Kier molecular flexibility index (Phi) is 7.96. The number of rotatable bonds is 9. The van der Waals surface area contributed by atoms with Crippen molar-refractivity contribution in [1.29, 1.82) is 0 Å². The van der Waals surface area contributed by atoms with Crippen LogP contribution in [-0.4, -0.2) is 32.5 Å². The zero-order valence-corrected chi connectivity index (χ0v) is 19.0. The summed E-state index contributed by atoms with van der Waals surface area (Å²) in [5.41, 5.74) is 2.23. The lowest BCUT2D eigenvalue weighted by Crippen LogP contribution is -2.41. The van der Waals surface area contributed by atoms with Crippen LogP contribution in [-0.2, 0) is 17.9 Å². The van der Waals surface area contributed by atoms with Crippen LogP contribution in [0.15, 0.2) is 36.0 Å². The van der Waals surface area contributed by atoms with Gasteiger partial charge in [0.05, 0.1) is 5.75 Å². The third-order valence-electron chi connectivity index (χ3n) is 5.60. The van der Waals surface area contributed by atoms with Crippen LogP contribution >= 0.6 is 11.8 Å². The average Bonchev–Trinajstić information content (AvgIpc) is 3.11. The summed E-state index contributed by atoms with van der Waals surface area (Å²) in [4.78, 5) is 12.5. The normalized spacial score (nSPS) is 18.8. The number of aromatic nitrogens is 3. The highest BCUT2D eigenvalue weighted by molar-refractivity contribution is 7.99. The van der Waals surface area contributed by atoms with Gasteiger partial charge >= 0.3 is 0 Å². The molecule has 6 nitrogen and oxygen atoms in total. The lowest BCUT2D eigenvalue weighted by atomic mass is 9.86. The summed E-state index contributed by atoms with van der Waals surface area (Å²) in [6.07, 6.45) is 6.53. The fourth-order valence-corrected chi connectivity index (χ4v) is 4.54. The van der Waals surface area contributed by atoms with E-state index < -0.39 is 0 Å². The van der Waals surface area contributed by atoms with Gasteiger partial charge in [-0.05, 0) is 49.8 Å². The number of benzene rings is 1. The highest BCUT2D eigenvalue weighted by Gasteiger charge is 2.23. The number of hydrogen-bond acceptors (Lipinski definition) is 5. The molecule has 1 heterocycles. The molecule has 0 saturated heterocycles. The first-order valence-electron chi connectivity index (χ1n) is 10.6. The molecule has 1 aliphatic rings. The van der Waals surface area contributed by atoms with Gasteiger partial charge in [-0.15, -0.1) is 16.8 Å². The van der Waals surface area contributed by atoms with Gasteiger partial charge in [0.15, 0.2) is 11.0 Å². The first kappa shape index (κ1) is 22.4. The maximum absolute atomic E-state index is 12.5. The highest BCUT2D eigenvalue weighted by Crippen LogP contribution is 2.25. The van der Waals surface area contributed by atoms with Crippen LogP contribution in [0.4, 0.5) is 0 Å². The minimum absolute atomic E-state index is 0.0556. The van der Waals surface area contributed by atoms with Crippen LogP contribution < -0.4 is 10.1 Å². The molecule has 30 heavy (non-hydrogen) atoms. The summed E-state index contributed by atoms with van der Waals surface area (Å²) >= 11 is 1.41. The monoisotopic (exact) mass is 428 g/mol. The number of hydrogen-bond donors (Lipinski definition) is 1. The van der Waals surface area contributed by atoms with Crippen LogP contribution in [0, 0.1) is 19.8 Å². The van der Waals surface area contributed by atoms with Gasteiger partial charge in [0.2, 0.25) is 5.91 Å². The van der Waals surface area contributed by atoms with Crippen LogP contribution in [0.5, 0.6) is 5.75 Å². The smallest absolute Gasteiger partial charge is 0.230 e. The predicted molar refractivity (Wildman–Crippen MR) is 121 cm³/mol. The van der Waals surface area contributed by atoms with Crippen molar-refractivity contribution in [3.63, 3.8) is 0 Å². The Morgan fingerprint density at radius 3 is 2.90 bits per heavy atom. The fourth-order valence-electron chi connectivity index (χ4n) is 3.76. The van der Waals surface area contributed by atoms with Gasteiger partial charge in [0, 0.05) is 12.6 Å². The zero-order chi connectivity index (χ0) is 21.5. The lowest BCUT2D eigenvalue weighted by molar-refractivity contribution is -0.119. The van der Waals surface area contributed by atoms with Crippen molar-refractivity contribution >= 4 is 17.7 Å². The largest absolute Gasteiger partial charge is 0.485 e. The number of aryl methyl sites for hydroxylation is 2. The minimum Gasteiger partial charge on any atom is -0.485 e. The SMILES string of the molecule is C=CCn1c(COc2cc(C)ccc2C)nnc1SCC(=O)N[C@H]1CCCC[C@@H]1C. The molecule has 1 aromatic heterocycles. The minimum atomic E-state index is 0.0556. The number of thioether (sulfide) groups is 1. The van der Waals surface area contributed by atoms with E-state index in [0.717, 1.165) is 29.1 Å². The molecule has 0 radical (unpaired) electrons. The van der Waals surface area contributed by atoms with E-state index in [4.69, 9.17) is 4.74 Å². The summed E-state index contributed by atoms with van der Waals surface area (Å²) in [5.74, 6) is 2.50. The molecule has 3 rings (SSSR count). The van der Waals surface area contributed by atoms with E-state index in [9.17, 15) is 4.79 Å². The Morgan fingerprint density at radius 1 is 1.33 bits per heavy atom. The molecule has 2 atom stereocenters. The number of amides is 1. The Balaban J connectivity index is 1.60. The molecule has 0 spiro atoms. The molecule has 2 aromatic rings. The summed E-state index contributed by atoms with van der Waals surface area (Å²) in [5, 5.41) is 12.5. The molecule has 1 N–H and O–H groups in total. The summed E-state index contributed by atoms with van der Waals surface area (Å²) in [6.45, 7) is 11.0. The number of ether oxygens (including phenoxy) is 1. The Labute approximate surface area is 183 Å². The molecule has 1 saturated carbocycles. The molecule has 1 fully saturated rings. The van der Waals surface area contributed by atoms with Crippen molar-refractivity contribution in [2.24, 2.45) is 5.92 Å². The van der Waals surface area contributed by atoms with Crippen molar-refractivity contribution in [3.05, 3.63) is 47.8 Å². The van der Waals surface area contributed by atoms with E-state index in [1.165, 1.54) is 31.0 Å². The molecule has 0 bridgehead atoms. The van der Waals surface area contributed by atoms with Crippen LogP contribution in [0.3, 0.4) is 0 Å². The number of nitrogens with zero attached hydrogens (tertiary/aromatic N) is 3. The van der Waals surface area contributed by atoms with E-state index in [1.807, 2.05) is 30.5 Å². The second-order valence-electron chi connectivity index (χ2n) is 8.08. The van der Waals surface area contributed by atoms with E-state index in [1.54, 1.807) is 6.08 Å². The van der Waals surface area contributed by atoms with Gasteiger partial charge in [0.1, 0.15) is 12.4 Å². The van der Waals surface area contributed by atoms with Gasteiger partial charge in [-0.2, -0.15) is 0 Å². The molecule has 7 heteroatoms. The third kappa shape index (κ3) is 5.88. The molecular weight excluding hydrogens is 396 g/mol. The van der Waals surface area contributed by atoms with Crippen molar-refractivity contribution in [2.45, 2.75) is 70.8 Å². The van der Waals surface area contributed by atoms with Crippen molar-refractivity contribution < 1.29 is 9.53 Å². The van der Waals surface area contributed by atoms with Gasteiger partial charge in [0.25, 0.3) is 0 Å². The highest BCUT2D eigenvalue weighted by atomic mass is 32.2. The Morgan fingerprint density at radius 2 is 2.13 bits per heavy atom. The topological polar surface area (TPSA) is 69.0 Å². The van der Waals surface area contributed by atoms with Gasteiger partial charge in [-0.3, -0.25) is 9.36 Å². The number of allylic oxidation sites excluding steroid dienone is 1. The van der Waals surface area contributed by atoms with E-state index in [2.05, 4.69) is 35.1 Å². The van der Waals surface area contributed by atoms with Crippen molar-refractivity contribution in [1.82, 2.24) is 20.1 Å². The van der Waals surface area contributed by atoms with Crippen molar-refractivity contribution in [2.75, 3.05) is 5.75 Å². The first-order valence-corrected chi connectivity index (χ1v) is 11.6. The summed E-state index contributed by atoms with van der Waals surface area (Å²) in [7, 11) is 0. The van der Waals surface area contributed by atoms with E-state index >= 15 is 0 Å². The van der Waals surface area contributed by atoms with Crippen LogP contribution in [0.25, 0.3) is 0 Å². The average molecular weight is 429 g/mol. The van der Waals surface area contributed by atoms with E-state index in [-0.39, 0.29) is 5.91 Å². The van der Waals surface area contributed by atoms with E-state index in [0.29, 0.717) is 36.0 Å². The third-order valence-corrected chi connectivity index (χ3v) is 6.56. The van der Waals surface area contributed by atoms with Crippen LogP contribution in [0.2, 0.25) is 0 Å². The molecular formula is C23H32N4O2S. The fraction of sp³-hybridized carbons (Fsp3) is 0.522. The van der Waals surface area contributed by atoms with Crippen molar-refractivity contribution in [3.8, 4) is 5.75 Å². The Hall–Kier alpha value is -2.28. The maximum Gasteiger partial charge on any atom is 0.230 e. The molecule has 162 valence electrons. The predicted octanol–water partition coefficient (Wildman–Crippen LogP) is 4.45. The van der Waals surface area contributed by atoms with Crippen LogP contribution in [0.1, 0.15) is 49.6 Å². The summed E-state index contributed by atoms with van der Waals surface area (Å²) in [6, 6.07) is 6.43.